The largest absolute Gasteiger partial charge is 0.396 e. The van der Waals surface area contributed by atoms with Crippen LogP contribution in [0.25, 0.3) is 17.4 Å². The summed E-state index contributed by atoms with van der Waals surface area (Å²) in [6.07, 6.45) is 3.35. The second kappa shape index (κ2) is 3.49. The lowest BCUT2D eigenvalue weighted by atomic mass is 10.4. The molecule has 0 radical (unpaired) electrons. The molecule has 0 saturated heterocycles. The fourth-order valence-corrected chi connectivity index (χ4v) is 1.79. The minimum atomic E-state index is -1.07. The first-order chi connectivity index (χ1) is 8.22. The van der Waals surface area contributed by atoms with E-state index in [-0.39, 0.29) is 6.61 Å². The zero-order chi connectivity index (χ0) is 12.0. The van der Waals surface area contributed by atoms with Gasteiger partial charge in [-0.1, -0.05) is 0 Å². The predicted molar refractivity (Wildman–Crippen MR) is 59.5 cm³/mol. The van der Waals surface area contributed by atoms with E-state index in [0.29, 0.717) is 22.6 Å². The Labute approximate surface area is 95.6 Å². The number of nitrogen functional groups attached to an aromatic ring is 1. The molecule has 6 nitrogen and oxygen atoms in total. The van der Waals surface area contributed by atoms with Crippen molar-refractivity contribution in [2.45, 2.75) is 6.17 Å². The van der Waals surface area contributed by atoms with Crippen LogP contribution in [0.4, 0.5) is 10.2 Å². The summed E-state index contributed by atoms with van der Waals surface area (Å²) < 4.78 is 14.8. The Hall–Kier alpha value is -2.02. The second-order valence-corrected chi connectivity index (χ2v) is 3.90. The molecule has 0 spiro atoms. The number of rotatable bonds is 2. The van der Waals surface area contributed by atoms with Gasteiger partial charge in [-0.3, -0.25) is 4.57 Å². The molecule has 3 N–H and O–H groups in total. The van der Waals surface area contributed by atoms with Crippen molar-refractivity contribution in [3.63, 3.8) is 0 Å². The van der Waals surface area contributed by atoms with Gasteiger partial charge in [0, 0.05) is 12.1 Å². The van der Waals surface area contributed by atoms with Gasteiger partial charge in [0.25, 0.3) is 0 Å². The van der Waals surface area contributed by atoms with Gasteiger partial charge in [0.15, 0.2) is 17.0 Å². The summed E-state index contributed by atoms with van der Waals surface area (Å²) >= 11 is 0. The molecule has 0 bridgehead atoms. The molecule has 7 heteroatoms. The van der Waals surface area contributed by atoms with Crippen LogP contribution in [0.2, 0.25) is 0 Å². The molecule has 0 unspecified atom stereocenters. The van der Waals surface area contributed by atoms with Crippen molar-refractivity contribution in [2.24, 2.45) is 5.92 Å². The maximum absolute atomic E-state index is 13.2. The molecule has 1 aliphatic carbocycles. The lowest BCUT2D eigenvalue weighted by Gasteiger charge is -1.95. The van der Waals surface area contributed by atoms with Gasteiger partial charge in [-0.2, -0.15) is 0 Å². The number of aliphatic hydroxyl groups is 1. The third-order valence-corrected chi connectivity index (χ3v) is 2.86. The molecule has 2 aromatic rings. The number of fused-ring (bicyclic) bond motifs is 1. The Morgan fingerprint density at radius 3 is 3.00 bits per heavy atom. The first kappa shape index (κ1) is 10.2. The van der Waals surface area contributed by atoms with Crippen LogP contribution in [-0.2, 0) is 0 Å². The van der Waals surface area contributed by atoms with Crippen molar-refractivity contribution in [3.8, 4) is 0 Å². The minimum Gasteiger partial charge on any atom is -0.396 e. The zero-order valence-electron chi connectivity index (χ0n) is 8.79. The molecular weight excluding hydrogens is 225 g/mol. The number of anilines is 1. The number of imidazole rings is 1. The lowest BCUT2D eigenvalue weighted by Crippen LogP contribution is -1.94. The fraction of sp³-hybridized carbons (Fsp3) is 0.300. The molecule has 88 valence electrons. The highest BCUT2D eigenvalue weighted by molar-refractivity contribution is 5.82. The van der Waals surface area contributed by atoms with E-state index in [9.17, 15) is 4.39 Å². The van der Waals surface area contributed by atoms with E-state index in [2.05, 4.69) is 15.0 Å². The first-order valence-electron chi connectivity index (χ1n) is 5.12. The summed E-state index contributed by atoms with van der Waals surface area (Å²) in [5.74, 6) is -0.106. The predicted octanol–water partition coefficient (Wildman–Crippen LogP) is 0.210. The highest BCUT2D eigenvalue weighted by Gasteiger charge is 2.44. The highest BCUT2D eigenvalue weighted by Crippen LogP contribution is 2.41. The molecule has 1 fully saturated rings. The molecule has 2 aromatic heterocycles. The zero-order valence-corrected chi connectivity index (χ0v) is 8.79. The third kappa shape index (κ3) is 1.47. The monoisotopic (exact) mass is 235 g/mol. The van der Waals surface area contributed by atoms with Gasteiger partial charge in [-0.05, 0) is 5.57 Å². The average Bonchev–Trinajstić information content (AvgIpc) is 2.74. The van der Waals surface area contributed by atoms with E-state index in [1.165, 1.54) is 12.7 Å². The number of nitrogens with zero attached hydrogens (tertiary/aromatic N) is 4. The van der Waals surface area contributed by atoms with E-state index in [0.717, 1.165) is 0 Å². The number of hydrogen-bond acceptors (Lipinski definition) is 5. The normalized spacial score (nSPS) is 25.6. The minimum absolute atomic E-state index is 0.184. The Morgan fingerprint density at radius 1 is 1.47 bits per heavy atom. The number of alkyl halides is 1. The maximum Gasteiger partial charge on any atom is 0.169 e. The molecule has 2 atom stereocenters. The van der Waals surface area contributed by atoms with Gasteiger partial charge in [-0.25, -0.2) is 19.3 Å². The third-order valence-electron chi connectivity index (χ3n) is 2.86. The molecule has 1 saturated carbocycles. The molecule has 0 aliphatic heterocycles. The van der Waals surface area contributed by atoms with Crippen LogP contribution < -0.4 is 5.73 Å². The molecule has 0 amide bonds. The summed E-state index contributed by atoms with van der Waals surface area (Å²) in [7, 11) is 0. The Bertz CT molecular complexity index is 608. The van der Waals surface area contributed by atoms with Crippen LogP contribution >= 0.6 is 0 Å². The Morgan fingerprint density at radius 2 is 2.29 bits per heavy atom. The van der Waals surface area contributed by atoms with Crippen molar-refractivity contribution >= 4 is 23.2 Å². The summed E-state index contributed by atoms with van der Waals surface area (Å²) in [4.78, 5) is 11.9. The second-order valence-electron chi connectivity index (χ2n) is 3.90. The van der Waals surface area contributed by atoms with Crippen molar-refractivity contribution in [1.29, 1.82) is 0 Å². The Kier molecular flexibility index (Phi) is 2.08. The van der Waals surface area contributed by atoms with E-state index < -0.39 is 12.1 Å². The smallest absolute Gasteiger partial charge is 0.169 e. The summed E-state index contributed by atoms with van der Waals surface area (Å²) in [5.41, 5.74) is 7.20. The van der Waals surface area contributed by atoms with E-state index in [4.69, 9.17) is 10.8 Å². The van der Waals surface area contributed by atoms with Crippen molar-refractivity contribution in [2.75, 3.05) is 12.3 Å². The van der Waals surface area contributed by atoms with Gasteiger partial charge in [0.1, 0.15) is 18.8 Å². The van der Waals surface area contributed by atoms with E-state index >= 15 is 0 Å². The average molecular weight is 235 g/mol. The van der Waals surface area contributed by atoms with Crippen molar-refractivity contribution < 1.29 is 9.50 Å². The number of aliphatic hydroxyl groups excluding tert-OH is 1. The Balaban J connectivity index is 2.06. The van der Waals surface area contributed by atoms with Crippen LogP contribution in [-0.4, -0.2) is 37.4 Å². The highest BCUT2D eigenvalue weighted by atomic mass is 19.1. The van der Waals surface area contributed by atoms with Gasteiger partial charge in [0.05, 0.1) is 6.61 Å². The van der Waals surface area contributed by atoms with E-state index in [1.807, 2.05) is 0 Å². The van der Waals surface area contributed by atoms with E-state index in [1.54, 1.807) is 10.8 Å². The lowest BCUT2D eigenvalue weighted by molar-refractivity contribution is 0.259. The van der Waals surface area contributed by atoms with Gasteiger partial charge >= 0.3 is 0 Å². The van der Waals surface area contributed by atoms with Gasteiger partial charge in [0.2, 0.25) is 0 Å². The van der Waals surface area contributed by atoms with Gasteiger partial charge < -0.3 is 10.8 Å². The quantitative estimate of drug-likeness (QED) is 0.776. The van der Waals surface area contributed by atoms with Gasteiger partial charge in [-0.15, -0.1) is 0 Å². The number of hydrogen-bond donors (Lipinski definition) is 2. The number of nitrogens with two attached hydrogens (primary N) is 1. The molecule has 1 aliphatic rings. The van der Waals surface area contributed by atoms with Crippen LogP contribution in [0.3, 0.4) is 0 Å². The topological polar surface area (TPSA) is 89.9 Å². The van der Waals surface area contributed by atoms with Crippen LogP contribution in [0, 0.1) is 5.92 Å². The SMILES string of the molecule is Nc1ncnc2c1ncn2/C=C1/[C@@H](F)[C@H]1CO. The van der Waals surface area contributed by atoms with Crippen molar-refractivity contribution in [1.82, 2.24) is 19.5 Å². The molecule has 17 heavy (non-hydrogen) atoms. The number of halogens is 1. The number of aromatic nitrogens is 4. The molecule has 2 heterocycles. The van der Waals surface area contributed by atoms with Crippen LogP contribution in [0.1, 0.15) is 0 Å². The first-order valence-corrected chi connectivity index (χ1v) is 5.12. The summed E-state index contributed by atoms with van der Waals surface area (Å²) in [5, 5.41) is 8.88. The fourth-order valence-electron chi connectivity index (χ4n) is 1.79. The molecule has 3 rings (SSSR count). The molecular formula is C10H10FN5O. The van der Waals surface area contributed by atoms with Crippen LogP contribution in [0.15, 0.2) is 18.2 Å². The summed E-state index contributed by atoms with van der Waals surface area (Å²) in [6, 6.07) is 0. The van der Waals surface area contributed by atoms with Crippen molar-refractivity contribution in [3.05, 3.63) is 18.2 Å². The van der Waals surface area contributed by atoms with Crippen LogP contribution in [0.5, 0.6) is 0 Å². The summed E-state index contributed by atoms with van der Waals surface area (Å²) in [6.45, 7) is -0.184. The standard InChI is InChI=1S/C10H10FN5O/c11-7-5(6(7)2-17)1-16-4-15-8-9(12)13-3-14-10(8)16/h1,3-4,6-7,17H,2H2,(H2,12,13,14)/b5-1+/t6-,7+/m0/s1. The molecule has 0 aromatic carbocycles. The maximum atomic E-state index is 13.2.